The molecule has 3 N–H and O–H groups in total. The van der Waals surface area contributed by atoms with Crippen LogP contribution in [0.5, 0.6) is 11.6 Å². The van der Waals surface area contributed by atoms with E-state index in [0.717, 1.165) is 5.56 Å². The summed E-state index contributed by atoms with van der Waals surface area (Å²) in [5.74, 6) is 0.360. The number of aliphatic hydroxyl groups excluding tert-OH is 1. The minimum Gasteiger partial charge on any atom is -0.439 e. The van der Waals surface area contributed by atoms with E-state index in [1.807, 2.05) is 0 Å². The number of aromatic nitrogens is 1. The molecule has 1 aliphatic heterocycles. The number of aliphatic hydroxyl groups is 1. The van der Waals surface area contributed by atoms with Crippen molar-refractivity contribution in [3.8, 4) is 11.6 Å². The number of hydrogen-bond donors (Lipinski definition) is 3. The highest BCUT2D eigenvalue weighted by Crippen LogP contribution is 2.20. The lowest BCUT2D eigenvalue weighted by Gasteiger charge is -2.11. The van der Waals surface area contributed by atoms with Crippen LogP contribution >= 0.6 is 0 Å². The maximum atomic E-state index is 12.9. The van der Waals surface area contributed by atoms with Crippen LogP contribution in [0.3, 0.4) is 0 Å². The maximum absolute atomic E-state index is 12.9. The number of rotatable bonds is 5. The molecule has 7 heteroatoms. The molecule has 0 radical (unpaired) electrons. The topological polar surface area (TPSA) is 83.5 Å². The van der Waals surface area contributed by atoms with Gasteiger partial charge in [0, 0.05) is 25.4 Å². The third kappa shape index (κ3) is 4.27. The summed E-state index contributed by atoms with van der Waals surface area (Å²) in [6, 6.07) is 8.77. The molecule has 1 amide bonds. The van der Waals surface area contributed by atoms with Crippen LogP contribution in [0.2, 0.25) is 0 Å². The van der Waals surface area contributed by atoms with Crippen molar-refractivity contribution in [2.24, 2.45) is 0 Å². The molecular weight excluding hydrogens is 313 g/mol. The van der Waals surface area contributed by atoms with E-state index in [4.69, 9.17) is 4.74 Å². The van der Waals surface area contributed by atoms with E-state index >= 15 is 0 Å². The van der Waals surface area contributed by atoms with Crippen LogP contribution in [-0.2, 0) is 11.3 Å². The van der Waals surface area contributed by atoms with E-state index in [-0.39, 0.29) is 17.8 Å². The van der Waals surface area contributed by atoms with E-state index in [2.05, 4.69) is 15.6 Å². The Labute approximate surface area is 138 Å². The first-order chi connectivity index (χ1) is 11.6. The highest BCUT2D eigenvalue weighted by atomic mass is 19.1. The Balaban J connectivity index is 1.57. The Hall–Kier alpha value is -2.51. The minimum absolute atomic E-state index is 0.149. The lowest BCUT2D eigenvalue weighted by molar-refractivity contribution is -0.123. The summed E-state index contributed by atoms with van der Waals surface area (Å²) in [7, 11) is 0. The zero-order valence-corrected chi connectivity index (χ0v) is 12.9. The summed E-state index contributed by atoms with van der Waals surface area (Å²) in [4.78, 5) is 16.1. The Morgan fingerprint density at radius 3 is 2.88 bits per heavy atom. The van der Waals surface area contributed by atoms with Crippen LogP contribution in [0.1, 0.15) is 12.0 Å². The van der Waals surface area contributed by atoms with Crippen LogP contribution in [0.15, 0.2) is 42.6 Å². The standard InChI is InChI=1S/C17H18FN3O3/c18-12-1-3-14(4-2-12)24-16-7-11(5-6-19-16)9-21-17(23)15-8-13(22)10-20-15/h1-7,13,15,20,22H,8-10H2,(H,21,23). The van der Waals surface area contributed by atoms with Crippen LogP contribution < -0.4 is 15.4 Å². The van der Waals surface area contributed by atoms with Crippen molar-refractivity contribution >= 4 is 5.91 Å². The molecule has 24 heavy (non-hydrogen) atoms. The molecule has 2 atom stereocenters. The van der Waals surface area contributed by atoms with Gasteiger partial charge in [-0.05, 0) is 42.3 Å². The zero-order chi connectivity index (χ0) is 16.9. The highest BCUT2D eigenvalue weighted by molar-refractivity contribution is 5.82. The first-order valence-electron chi connectivity index (χ1n) is 7.67. The van der Waals surface area contributed by atoms with E-state index in [9.17, 15) is 14.3 Å². The summed E-state index contributed by atoms with van der Waals surface area (Å²) >= 11 is 0. The van der Waals surface area contributed by atoms with Gasteiger partial charge in [0.05, 0.1) is 12.1 Å². The number of halogens is 1. The fourth-order valence-corrected chi connectivity index (χ4v) is 2.47. The Bertz CT molecular complexity index is 708. The lowest BCUT2D eigenvalue weighted by atomic mass is 10.2. The smallest absolute Gasteiger partial charge is 0.237 e. The van der Waals surface area contributed by atoms with E-state index in [1.54, 1.807) is 18.3 Å². The Morgan fingerprint density at radius 2 is 2.17 bits per heavy atom. The number of pyridine rings is 1. The number of nitrogens with zero attached hydrogens (tertiary/aromatic N) is 1. The van der Waals surface area contributed by atoms with Gasteiger partial charge in [-0.1, -0.05) is 0 Å². The highest BCUT2D eigenvalue weighted by Gasteiger charge is 2.27. The van der Waals surface area contributed by atoms with Crippen molar-refractivity contribution in [3.05, 3.63) is 54.0 Å². The summed E-state index contributed by atoms with van der Waals surface area (Å²) < 4.78 is 18.4. The molecule has 0 aliphatic carbocycles. The van der Waals surface area contributed by atoms with Gasteiger partial charge in [-0.15, -0.1) is 0 Å². The summed E-state index contributed by atoms with van der Waals surface area (Å²) in [6.45, 7) is 0.762. The van der Waals surface area contributed by atoms with Crippen molar-refractivity contribution in [1.82, 2.24) is 15.6 Å². The SMILES string of the molecule is O=C(NCc1ccnc(Oc2ccc(F)cc2)c1)C1CC(O)CN1. The van der Waals surface area contributed by atoms with Crippen molar-refractivity contribution < 1.29 is 19.0 Å². The van der Waals surface area contributed by atoms with Gasteiger partial charge in [-0.25, -0.2) is 9.37 Å². The van der Waals surface area contributed by atoms with Gasteiger partial charge in [-0.3, -0.25) is 4.79 Å². The molecular formula is C17H18FN3O3. The number of carbonyl (C=O) groups is 1. The fourth-order valence-electron chi connectivity index (χ4n) is 2.47. The molecule has 0 spiro atoms. The molecule has 3 rings (SSSR count). The molecule has 1 aromatic heterocycles. The molecule has 126 valence electrons. The van der Waals surface area contributed by atoms with E-state index < -0.39 is 6.10 Å². The van der Waals surface area contributed by atoms with Crippen molar-refractivity contribution in [2.75, 3.05) is 6.54 Å². The number of β-amino-alcohol motifs (C(OH)–C–C–N with tert-alkyl or cyclic N) is 1. The second-order valence-corrected chi connectivity index (χ2v) is 5.63. The lowest BCUT2D eigenvalue weighted by Crippen LogP contribution is -2.40. The van der Waals surface area contributed by atoms with Crippen molar-refractivity contribution in [3.63, 3.8) is 0 Å². The monoisotopic (exact) mass is 331 g/mol. The molecule has 6 nitrogen and oxygen atoms in total. The van der Waals surface area contributed by atoms with Gasteiger partial charge in [0.1, 0.15) is 11.6 Å². The molecule has 1 saturated heterocycles. The van der Waals surface area contributed by atoms with E-state index in [0.29, 0.717) is 31.1 Å². The third-order valence-electron chi connectivity index (χ3n) is 3.73. The van der Waals surface area contributed by atoms with Gasteiger partial charge >= 0.3 is 0 Å². The molecule has 2 unspecified atom stereocenters. The van der Waals surface area contributed by atoms with Crippen LogP contribution in [0, 0.1) is 5.82 Å². The molecule has 2 heterocycles. The quantitative estimate of drug-likeness (QED) is 0.770. The summed E-state index contributed by atoms with van der Waals surface area (Å²) in [6.07, 6.45) is 1.52. The summed E-state index contributed by atoms with van der Waals surface area (Å²) in [5, 5.41) is 15.2. The molecule has 1 fully saturated rings. The minimum atomic E-state index is -0.475. The largest absolute Gasteiger partial charge is 0.439 e. The average Bonchev–Trinajstić information content (AvgIpc) is 3.02. The molecule has 0 saturated carbocycles. The number of nitrogens with one attached hydrogen (secondary N) is 2. The third-order valence-corrected chi connectivity index (χ3v) is 3.73. The second kappa shape index (κ2) is 7.37. The number of ether oxygens (including phenoxy) is 1. The molecule has 1 aromatic carbocycles. The Kier molecular flexibility index (Phi) is 5.02. The first-order valence-corrected chi connectivity index (χ1v) is 7.67. The van der Waals surface area contributed by atoms with Gasteiger partial charge < -0.3 is 20.5 Å². The number of benzene rings is 1. The van der Waals surface area contributed by atoms with Crippen molar-refractivity contribution in [1.29, 1.82) is 0 Å². The average molecular weight is 331 g/mol. The predicted octanol–water partition coefficient (Wildman–Crippen LogP) is 1.35. The normalized spacial score (nSPS) is 19.9. The van der Waals surface area contributed by atoms with Crippen molar-refractivity contribution in [2.45, 2.75) is 25.1 Å². The second-order valence-electron chi connectivity index (χ2n) is 5.63. The Morgan fingerprint density at radius 1 is 1.38 bits per heavy atom. The number of amides is 1. The van der Waals surface area contributed by atoms with Crippen LogP contribution in [0.4, 0.5) is 4.39 Å². The molecule has 0 bridgehead atoms. The van der Waals surface area contributed by atoms with E-state index in [1.165, 1.54) is 24.3 Å². The van der Waals surface area contributed by atoms with Crippen LogP contribution in [0.25, 0.3) is 0 Å². The first kappa shape index (κ1) is 16.4. The number of carbonyl (C=O) groups excluding carboxylic acids is 1. The van der Waals surface area contributed by atoms with Gasteiger partial charge in [0.15, 0.2) is 0 Å². The maximum Gasteiger partial charge on any atom is 0.237 e. The molecule has 2 aromatic rings. The van der Waals surface area contributed by atoms with Crippen LogP contribution in [-0.4, -0.2) is 34.7 Å². The van der Waals surface area contributed by atoms with Gasteiger partial charge in [0.25, 0.3) is 0 Å². The van der Waals surface area contributed by atoms with Gasteiger partial charge in [-0.2, -0.15) is 0 Å². The molecule has 1 aliphatic rings. The fraction of sp³-hybridized carbons (Fsp3) is 0.294. The van der Waals surface area contributed by atoms with Gasteiger partial charge in [0.2, 0.25) is 11.8 Å². The predicted molar refractivity (Wildman–Crippen MR) is 85.0 cm³/mol. The summed E-state index contributed by atoms with van der Waals surface area (Å²) in [5.41, 5.74) is 0.828. The zero-order valence-electron chi connectivity index (χ0n) is 12.9. The number of hydrogen-bond acceptors (Lipinski definition) is 5.